The predicted octanol–water partition coefficient (Wildman–Crippen LogP) is 6.96. The van der Waals surface area contributed by atoms with Crippen molar-refractivity contribution in [3.8, 4) is 11.5 Å². The molecule has 1 aliphatic heterocycles. The van der Waals surface area contributed by atoms with E-state index in [-0.39, 0.29) is 5.75 Å². The van der Waals surface area contributed by atoms with Crippen LogP contribution in [0.3, 0.4) is 0 Å². The van der Waals surface area contributed by atoms with Crippen molar-refractivity contribution >= 4 is 8.80 Å². The molecule has 1 aromatic rings. The molecule has 3 rings (SSSR count). The summed E-state index contributed by atoms with van der Waals surface area (Å²) < 4.78 is 59.7. The summed E-state index contributed by atoms with van der Waals surface area (Å²) in [6.45, 7) is 2.79. The quantitative estimate of drug-likeness (QED) is 0.343. The fourth-order valence-electron chi connectivity index (χ4n) is 5.18. The fraction of sp³-hybridized carbons (Fsp3) is 0.727. The van der Waals surface area contributed by atoms with Gasteiger partial charge in [0.15, 0.2) is 11.6 Å². The molecule has 2 aliphatic rings. The number of alkyl halides is 3. The zero-order valence-corrected chi connectivity index (χ0v) is 18.3. The van der Waals surface area contributed by atoms with Crippen LogP contribution in [0, 0.1) is 23.6 Å². The van der Waals surface area contributed by atoms with Crippen LogP contribution < -0.4 is 9.47 Å². The van der Waals surface area contributed by atoms with E-state index in [1.165, 1.54) is 56.3 Å². The molecule has 1 heterocycles. The molecule has 29 heavy (non-hydrogen) atoms. The van der Waals surface area contributed by atoms with Gasteiger partial charge >= 0.3 is 6.36 Å². The molecule has 0 spiro atoms. The smallest absolute Gasteiger partial charge is 0.493 e. The number of benzene rings is 1. The van der Waals surface area contributed by atoms with Crippen LogP contribution in [0.5, 0.6) is 11.5 Å². The van der Waals surface area contributed by atoms with Gasteiger partial charge in [0.1, 0.15) is 5.75 Å². The van der Waals surface area contributed by atoms with Crippen LogP contribution in [-0.4, -0.2) is 21.8 Å². The molecule has 0 aromatic heterocycles. The Morgan fingerprint density at radius 2 is 1.66 bits per heavy atom. The van der Waals surface area contributed by atoms with Crippen molar-refractivity contribution in [2.45, 2.75) is 76.4 Å². The van der Waals surface area contributed by atoms with Gasteiger partial charge in [0.2, 0.25) is 0 Å². The zero-order valence-electron chi connectivity index (χ0n) is 17.1. The van der Waals surface area contributed by atoms with E-state index in [1.807, 2.05) is 0 Å². The van der Waals surface area contributed by atoms with Gasteiger partial charge in [0, 0.05) is 14.9 Å². The van der Waals surface area contributed by atoms with Crippen molar-refractivity contribution in [1.82, 2.24) is 0 Å². The minimum atomic E-state index is -4.90. The molecular formula is C22H32F4O2Si. The van der Waals surface area contributed by atoms with Gasteiger partial charge in [-0.15, -0.1) is 13.2 Å². The monoisotopic (exact) mass is 432 g/mol. The van der Waals surface area contributed by atoms with Crippen LogP contribution in [0.25, 0.3) is 0 Å². The Kier molecular flexibility index (Phi) is 7.88. The number of ether oxygens (including phenoxy) is 2. The Balaban J connectivity index is 1.40. The SMILES string of the molecule is CCC[Si@H]1CC[C@H]([C@H]2CC[C@H](COc3ccc(OC(F)(F)F)c(F)c3)CC2)CC1. The average Bonchev–Trinajstić information content (AvgIpc) is 2.69. The number of halogens is 4. The average molecular weight is 433 g/mol. The van der Waals surface area contributed by atoms with Gasteiger partial charge in [-0.05, 0) is 55.6 Å². The largest absolute Gasteiger partial charge is 0.573 e. The lowest BCUT2D eigenvalue weighted by Crippen LogP contribution is -2.29. The fourth-order valence-corrected chi connectivity index (χ4v) is 8.66. The summed E-state index contributed by atoms with van der Waals surface area (Å²) >= 11 is 0. The molecule has 0 unspecified atom stereocenters. The van der Waals surface area contributed by atoms with Gasteiger partial charge < -0.3 is 9.47 Å². The van der Waals surface area contributed by atoms with Crippen LogP contribution in [0.1, 0.15) is 51.9 Å². The standard InChI is InChI=1S/C22H32F4O2Si/c1-2-11-29-12-9-18(10-13-29)17-5-3-16(4-6-17)15-27-19-7-8-21(20(23)14-19)28-22(24,25)26/h7-8,14,16-18,29H,2-6,9-13,15H2,1H3/t16-,17-,18-,29-. The minimum Gasteiger partial charge on any atom is -0.493 e. The molecule has 1 saturated carbocycles. The van der Waals surface area contributed by atoms with E-state index >= 15 is 0 Å². The molecule has 2 fully saturated rings. The van der Waals surface area contributed by atoms with E-state index in [4.69, 9.17) is 4.74 Å². The highest BCUT2D eigenvalue weighted by atomic mass is 28.3. The van der Waals surface area contributed by atoms with E-state index in [1.54, 1.807) is 0 Å². The van der Waals surface area contributed by atoms with Crippen LogP contribution in [0.15, 0.2) is 18.2 Å². The highest BCUT2D eigenvalue weighted by molar-refractivity contribution is 6.58. The summed E-state index contributed by atoms with van der Waals surface area (Å²) in [7, 11) is -0.419. The molecule has 1 aromatic carbocycles. The van der Waals surface area contributed by atoms with Gasteiger partial charge in [0.05, 0.1) is 6.61 Å². The van der Waals surface area contributed by atoms with E-state index < -0.39 is 26.7 Å². The summed E-state index contributed by atoms with van der Waals surface area (Å²) in [4.78, 5) is 0. The van der Waals surface area contributed by atoms with Crippen molar-refractivity contribution < 1.29 is 27.0 Å². The molecule has 0 radical (unpaired) electrons. The van der Waals surface area contributed by atoms with E-state index in [0.717, 1.165) is 36.8 Å². The van der Waals surface area contributed by atoms with Crippen molar-refractivity contribution in [2.75, 3.05) is 6.61 Å². The van der Waals surface area contributed by atoms with Crippen molar-refractivity contribution in [2.24, 2.45) is 17.8 Å². The topological polar surface area (TPSA) is 18.5 Å². The predicted molar refractivity (Wildman–Crippen MR) is 109 cm³/mol. The maximum atomic E-state index is 13.8. The second kappa shape index (κ2) is 10.2. The number of hydrogen-bond acceptors (Lipinski definition) is 2. The Morgan fingerprint density at radius 3 is 2.24 bits per heavy atom. The van der Waals surface area contributed by atoms with Gasteiger partial charge in [-0.2, -0.15) is 0 Å². The zero-order chi connectivity index (χ0) is 20.9. The lowest BCUT2D eigenvalue weighted by molar-refractivity contribution is -0.275. The molecule has 0 atom stereocenters. The minimum absolute atomic E-state index is 0.248. The Labute approximate surface area is 172 Å². The van der Waals surface area contributed by atoms with Crippen molar-refractivity contribution in [3.05, 3.63) is 24.0 Å². The molecule has 0 amide bonds. The maximum absolute atomic E-state index is 13.8. The first-order valence-corrected chi connectivity index (χ1v) is 13.5. The first kappa shape index (κ1) is 22.4. The molecule has 1 saturated heterocycles. The Morgan fingerprint density at radius 1 is 1.00 bits per heavy atom. The Bertz CT molecular complexity index is 636. The summed E-state index contributed by atoms with van der Waals surface area (Å²) in [5.41, 5.74) is 0. The summed E-state index contributed by atoms with van der Waals surface area (Å²) in [6.07, 6.45) is 4.05. The van der Waals surface area contributed by atoms with E-state index in [9.17, 15) is 17.6 Å². The van der Waals surface area contributed by atoms with Crippen molar-refractivity contribution in [1.29, 1.82) is 0 Å². The first-order chi connectivity index (χ1) is 13.8. The second-order valence-electron chi connectivity index (χ2n) is 8.80. The van der Waals surface area contributed by atoms with Gasteiger partial charge in [-0.25, -0.2) is 4.39 Å². The van der Waals surface area contributed by atoms with Crippen LogP contribution in [-0.2, 0) is 0 Å². The third kappa shape index (κ3) is 6.90. The van der Waals surface area contributed by atoms with Crippen LogP contribution in [0.2, 0.25) is 18.1 Å². The van der Waals surface area contributed by atoms with E-state index in [0.29, 0.717) is 12.5 Å². The molecule has 2 nitrogen and oxygen atoms in total. The highest BCUT2D eigenvalue weighted by Gasteiger charge is 2.33. The normalized spacial score (nSPS) is 28.2. The molecule has 1 aliphatic carbocycles. The number of hydrogen-bond donors (Lipinski definition) is 0. The Hall–Kier alpha value is -1.24. The molecule has 0 bridgehead atoms. The second-order valence-corrected chi connectivity index (χ2v) is 12.3. The lowest BCUT2D eigenvalue weighted by atomic mass is 9.74. The molecular weight excluding hydrogens is 400 g/mol. The maximum Gasteiger partial charge on any atom is 0.573 e. The summed E-state index contributed by atoms with van der Waals surface area (Å²) in [5.74, 6) is 0.546. The summed E-state index contributed by atoms with van der Waals surface area (Å²) in [6, 6.07) is 7.83. The summed E-state index contributed by atoms with van der Waals surface area (Å²) in [5, 5.41) is 0. The molecule has 7 heteroatoms. The van der Waals surface area contributed by atoms with Gasteiger partial charge in [0.25, 0.3) is 0 Å². The van der Waals surface area contributed by atoms with Crippen molar-refractivity contribution in [3.63, 3.8) is 0 Å². The number of rotatable bonds is 7. The van der Waals surface area contributed by atoms with Gasteiger partial charge in [-0.1, -0.05) is 44.3 Å². The third-order valence-corrected chi connectivity index (χ3v) is 10.5. The highest BCUT2D eigenvalue weighted by Crippen LogP contribution is 2.41. The van der Waals surface area contributed by atoms with E-state index in [2.05, 4.69) is 11.7 Å². The third-order valence-electron chi connectivity index (χ3n) is 6.76. The molecule has 164 valence electrons. The van der Waals surface area contributed by atoms with Gasteiger partial charge in [-0.3, -0.25) is 0 Å². The van der Waals surface area contributed by atoms with Crippen LogP contribution in [0.4, 0.5) is 17.6 Å². The molecule has 0 N–H and O–H groups in total. The van der Waals surface area contributed by atoms with Crippen LogP contribution >= 0.6 is 0 Å². The lowest BCUT2D eigenvalue weighted by Gasteiger charge is -2.37. The first-order valence-electron chi connectivity index (χ1n) is 11.0.